The van der Waals surface area contributed by atoms with Gasteiger partial charge in [0.05, 0.1) is 0 Å². The van der Waals surface area contributed by atoms with E-state index in [4.69, 9.17) is 0 Å². The molecule has 1 aromatic rings. The van der Waals surface area contributed by atoms with Gasteiger partial charge in [-0.25, -0.2) is 0 Å². The molecule has 1 aromatic carbocycles. The first-order valence-corrected chi connectivity index (χ1v) is 5.05. The SMILES string of the molecule is CCc1c2c(cc3c1CC3)CC2. The molecule has 0 aliphatic heterocycles. The molecule has 0 saturated carbocycles. The van der Waals surface area contributed by atoms with Gasteiger partial charge in [0.2, 0.25) is 0 Å². The first-order chi connectivity index (χ1) is 5.90. The molecule has 0 saturated heterocycles. The van der Waals surface area contributed by atoms with Crippen LogP contribution in [0.2, 0.25) is 0 Å². The van der Waals surface area contributed by atoms with Crippen LogP contribution in [0.1, 0.15) is 34.7 Å². The first kappa shape index (κ1) is 6.71. The minimum Gasteiger partial charge on any atom is -0.0613 e. The van der Waals surface area contributed by atoms with Crippen molar-refractivity contribution in [2.24, 2.45) is 0 Å². The molecule has 0 unspecified atom stereocenters. The number of hydrogen-bond acceptors (Lipinski definition) is 0. The topological polar surface area (TPSA) is 0 Å². The minimum atomic E-state index is 1.26. The summed E-state index contributed by atoms with van der Waals surface area (Å²) in [6.45, 7) is 2.30. The molecular formula is C12H14. The van der Waals surface area contributed by atoms with Crippen molar-refractivity contribution in [3.05, 3.63) is 33.9 Å². The molecule has 0 N–H and O–H groups in total. The van der Waals surface area contributed by atoms with Gasteiger partial charge in [0.15, 0.2) is 0 Å². The average Bonchev–Trinajstić information content (AvgIpc) is 1.97. The second-order valence-corrected chi connectivity index (χ2v) is 3.98. The molecule has 62 valence electrons. The molecule has 0 radical (unpaired) electrons. The summed E-state index contributed by atoms with van der Waals surface area (Å²) >= 11 is 0. The molecule has 0 aromatic heterocycles. The van der Waals surface area contributed by atoms with E-state index in [9.17, 15) is 0 Å². The van der Waals surface area contributed by atoms with Crippen LogP contribution in [-0.4, -0.2) is 0 Å². The van der Waals surface area contributed by atoms with Crippen LogP contribution in [0.25, 0.3) is 0 Å². The van der Waals surface area contributed by atoms with Crippen molar-refractivity contribution in [1.82, 2.24) is 0 Å². The van der Waals surface area contributed by atoms with E-state index in [0.29, 0.717) is 0 Å². The molecule has 3 rings (SSSR count). The third kappa shape index (κ3) is 0.639. The lowest BCUT2D eigenvalue weighted by molar-refractivity contribution is 0.744. The summed E-state index contributed by atoms with van der Waals surface area (Å²) in [5.41, 5.74) is 8.43. The van der Waals surface area contributed by atoms with Gasteiger partial charge < -0.3 is 0 Å². The van der Waals surface area contributed by atoms with Gasteiger partial charge in [-0.2, -0.15) is 0 Å². The quantitative estimate of drug-likeness (QED) is 0.589. The van der Waals surface area contributed by atoms with Crippen LogP contribution >= 0.6 is 0 Å². The minimum absolute atomic E-state index is 1.26. The van der Waals surface area contributed by atoms with Crippen molar-refractivity contribution in [1.29, 1.82) is 0 Å². The Balaban J connectivity index is 2.27. The molecule has 0 fully saturated rings. The monoisotopic (exact) mass is 158 g/mol. The molecular weight excluding hydrogens is 144 g/mol. The molecule has 0 heteroatoms. The van der Waals surface area contributed by atoms with Crippen molar-refractivity contribution in [3.63, 3.8) is 0 Å². The van der Waals surface area contributed by atoms with E-state index >= 15 is 0 Å². The maximum atomic E-state index is 2.46. The molecule has 0 atom stereocenters. The summed E-state index contributed by atoms with van der Waals surface area (Å²) in [5, 5.41) is 0. The fraction of sp³-hybridized carbons (Fsp3) is 0.500. The molecule has 0 amide bonds. The van der Waals surface area contributed by atoms with Gasteiger partial charge in [-0.05, 0) is 59.9 Å². The Kier molecular flexibility index (Phi) is 1.19. The van der Waals surface area contributed by atoms with E-state index in [2.05, 4.69) is 13.0 Å². The molecule has 0 spiro atoms. The molecule has 2 aliphatic rings. The Bertz CT molecular complexity index is 317. The predicted molar refractivity (Wildman–Crippen MR) is 50.6 cm³/mol. The van der Waals surface area contributed by atoms with Crippen molar-refractivity contribution >= 4 is 0 Å². The van der Waals surface area contributed by atoms with Gasteiger partial charge in [0.25, 0.3) is 0 Å². The number of benzene rings is 1. The summed E-state index contributed by atoms with van der Waals surface area (Å²) in [7, 11) is 0. The molecule has 0 bridgehead atoms. The molecule has 2 aliphatic carbocycles. The van der Waals surface area contributed by atoms with Crippen LogP contribution in [-0.2, 0) is 32.1 Å². The van der Waals surface area contributed by atoms with Gasteiger partial charge in [0, 0.05) is 0 Å². The zero-order chi connectivity index (χ0) is 8.13. The van der Waals surface area contributed by atoms with E-state index in [1.165, 1.54) is 32.1 Å². The van der Waals surface area contributed by atoms with Gasteiger partial charge in [0.1, 0.15) is 0 Å². The van der Waals surface area contributed by atoms with Gasteiger partial charge >= 0.3 is 0 Å². The fourth-order valence-electron chi connectivity index (χ4n) is 2.62. The highest BCUT2D eigenvalue weighted by Gasteiger charge is 2.25. The van der Waals surface area contributed by atoms with Crippen LogP contribution < -0.4 is 0 Å². The van der Waals surface area contributed by atoms with E-state index in [1.807, 2.05) is 0 Å². The second-order valence-electron chi connectivity index (χ2n) is 3.98. The molecule has 0 heterocycles. The lowest BCUT2D eigenvalue weighted by Gasteiger charge is -2.31. The maximum Gasteiger partial charge on any atom is -0.0233 e. The Hall–Kier alpha value is -0.780. The van der Waals surface area contributed by atoms with E-state index < -0.39 is 0 Å². The van der Waals surface area contributed by atoms with Gasteiger partial charge in [-0.1, -0.05) is 13.0 Å². The summed E-state index contributed by atoms with van der Waals surface area (Å²) in [6.07, 6.45) is 6.65. The Morgan fingerprint density at radius 1 is 1.00 bits per heavy atom. The summed E-state index contributed by atoms with van der Waals surface area (Å²) in [4.78, 5) is 0. The van der Waals surface area contributed by atoms with E-state index in [0.717, 1.165) is 0 Å². The van der Waals surface area contributed by atoms with Gasteiger partial charge in [-0.15, -0.1) is 0 Å². The van der Waals surface area contributed by atoms with Crippen molar-refractivity contribution in [2.45, 2.75) is 39.0 Å². The van der Waals surface area contributed by atoms with Gasteiger partial charge in [-0.3, -0.25) is 0 Å². The normalized spacial score (nSPS) is 17.4. The van der Waals surface area contributed by atoms with Crippen molar-refractivity contribution < 1.29 is 0 Å². The highest BCUT2D eigenvalue weighted by molar-refractivity contribution is 5.54. The van der Waals surface area contributed by atoms with E-state index in [-0.39, 0.29) is 0 Å². The third-order valence-corrected chi connectivity index (χ3v) is 3.49. The van der Waals surface area contributed by atoms with Crippen LogP contribution in [0, 0.1) is 0 Å². The summed E-state index contributed by atoms with van der Waals surface area (Å²) in [5.74, 6) is 0. The largest absolute Gasteiger partial charge is 0.0613 e. The third-order valence-electron chi connectivity index (χ3n) is 3.49. The number of fused-ring (bicyclic) bond motifs is 2. The zero-order valence-electron chi connectivity index (χ0n) is 7.61. The maximum absolute atomic E-state index is 2.46. The van der Waals surface area contributed by atoms with Crippen molar-refractivity contribution in [2.75, 3.05) is 0 Å². The number of rotatable bonds is 1. The Morgan fingerprint density at radius 2 is 1.58 bits per heavy atom. The molecule has 0 nitrogen and oxygen atoms in total. The van der Waals surface area contributed by atoms with Crippen LogP contribution in [0.4, 0.5) is 0 Å². The summed E-state index contributed by atoms with van der Waals surface area (Å²) in [6, 6.07) is 2.46. The lowest BCUT2D eigenvalue weighted by Crippen LogP contribution is -2.21. The Morgan fingerprint density at radius 3 is 1.92 bits per heavy atom. The molecule has 12 heavy (non-hydrogen) atoms. The fourth-order valence-corrected chi connectivity index (χ4v) is 2.62. The smallest absolute Gasteiger partial charge is 0.0233 e. The second kappa shape index (κ2) is 2.12. The zero-order valence-corrected chi connectivity index (χ0v) is 7.61. The number of hydrogen-bond donors (Lipinski definition) is 0. The number of aryl methyl sites for hydroxylation is 2. The highest BCUT2D eigenvalue weighted by Crippen LogP contribution is 2.37. The predicted octanol–water partition coefficient (Wildman–Crippen LogP) is 2.45. The van der Waals surface area contributed by atoms with Crippen LogP contribution in [0.5, 0.6) is 0 Å². The van der Waals surface area contributed by atoms with Crippen molar-refractivity contribution in [3.8, 4) is 0 Å². The van der Waals surface area contributed by atoms with Crippen LogP contribution in [0.15, 0.2) is 6.07 Å². The standard InChI is InChI=1S/C12H14/c1-2-10-11-5-3-8(11)7-9-4-6-12(9)10/h7H,2-6H2,1H3. The van der Waals surface area contributed by atoms with Crippen LogP contribution in [0.3, 0.4) is 0 Å². The van der Waals surface area contributed by atoms with E-state index in [1.54, 1.807) is 27.8 Å². The first-order valence-electron chi connectivity index (χ1n) is 5.05. The lowest BCUT2D eigenvalue weighted by atomic mass is 9.73. The Labute approximate surface area is 73.6 Å². The summed E-state index contributed by atoms with van der Waals surface area (Å²) < 4.78 is 0. The highest BCUT2D eigenvalue weighted by atomic mass is 14.3. The average molecular weight is 158 g/mol.